The molecule has 1 aromatic heterocycles. The summed E-state index contributed by atoms with van der Waals surface area (Å²) < 4.78 is 14.7. The predicted molar refractivity (Wildman–Crippen MR) is 88.3 cm³/mol. The lowest BCUT2D eigenvalue weighted by atomic mass is 10.0. The summed E-state index contributed by atoms with van der Waals surface area (Å²) in [5, 5.41) is 6.22. The lowest BCUT2D eigenvalue weighted by molar-refractivity contribution is 0.534. The third kappa shape index (κ3) is 3.61. The Balaban J connectivity index is 2.28. The minimum Gasteiger partial charge on any atom is -0.309 e. The molecule has 0 bridgehead atoms. The number of hydrogen-bond acceptors (Lipinski definition) is 2. The van der Waals surface area contributed by atoms with Crippen molar-refractivity contribution in [3.63, 3.8) is 0 Å². The molecule has 1 unspecified atom stereocenters. The number of rotatable bonds is 5. The van der Waals surface area contributed by atoms with Crippen LogP contribution in [0.2, 0.25) is 5.02 Å². The molecule has 1 atom stereocenters. The molecular weight excluding hydrogens is 361 g/mol. The van der Waals surface area contributed by atoms with Crippen molar-refractivity contribution in [2.45, 2.75) is 26.3 Å². The standard InChI is InChI=1S/C15H16BrClFNS/c1-3-19-13(15-14(17)9(2)8-20-15)6-10-4-5-11(16)7-12(10)18/h4-5,7-8,13,19H,3,6H2,1-2H3. The molecule has 5 heteroatoms. The average molecular weight is 377 g/mol. The quantitative estimate of drug-likeness (QED) is 0.726. The Morgan fingerprint density at radius 1 is 1.45 bits per heavy atom. The number of hydrogen-bond donors (Lipinski definition) is 1. The number of likely N-dealkylation sites (N-methyl/N-ethyl adjacent to an activating group) is 1. The van der Waals surface area contributed by atoms with Crippen molar-refractivity contribution >= 4 is 38.9 Å². The SMILES string of the molecule is CCNC(Cc1ccc(Br)cc1F)c1scc(C)c1Cl. The molecule has 2 rings (SSSR count). The number of benzene rings is 1. The van der Waals surface area contributed by atoms with Gasteiger partial charge in [-0.1, -0.05) is 40.5 Å². The molecule has 0 saturated carbocycles. The van der Waals surface area contributed by atoms with E-state index in [0.717, 1.165) is 26.5 Å². The van der Waals surface area contributed by atoms with Crippen LogP contribution in [0.1, 0.15) is 29.0 Å². The van der Waals surface area contributed by atoms with Gasteiger partial charge in [-0.3, -0.25) is 0 Å². The van der Waals surface area contributed by atoms with Gasteiger partial charge in [-0.15, -0.1) is 11.3 Å². The summed E-state index contributed by atoms with van der Waals surface area (Å²) >= 11 is 11.2. The second-order valence-corrected chi connectivity index (χ2v) is 6.85. The summed E-state index contributed by atoms with van der Waals surface area (Å²) in [6.45, 7) is 4.85. The van der Waals surface area contributed by atoms with E-state index in [0.29, 0.717) is 12.0 Å². The van der Waals surface area contributed by atoms with Gasteiger partial charge in [0.1, 0.15) is 5.82 Å². The first-order chi connectivity index (χ1) is 9.52. The van der Waals surface area contributed by atoms with E-state index >= 15 is 0 Å². The van der Waals surface area contributed by atoms with Crippen LogP contribution in [-0.4, -0.2) is 6.54 Å². The molecule has 0 radical (unpaired) electrons. The highest BCUT2D eigenvalue weighted by atomic mass is 79.9. The second-order valence-electron chi connectivity index (χ2n) is 4.65. The van der Waals surface area contributed by atoms with Crippen LogP contribution in [0.15, 0.2) is 28.1 Å². The lowest BCUT2D eigenvalue weighted by Gasteiger charge is -2.18. The first-order valence-corrected chi connectivity index (χ1v) is 8.48. The van der Waals surface area contributed by atoms with Crippen molar-refractivity contribution < 1.29 is 4.39 Å². The highest BCUT2D eigenvalue weighted by Gasteiger charge is 2.19. The van der Waals surface area contributed by atoms with Crippen LogP contribution < -0.4 is 5.32 Å². The molecule has 1 nitrogen and oxygen atoms in total. The molecule has 0 spiro atoms. The van der Waals surface area contributed by atoms with Crippen molar-refractivity contribution in [3.8, 4) is 0 Å². The molecule has 1 aromatic carbocycles. The van der Waals surface area contributed by atoms with Gasteiger partial charge in [-0.2, -0.15) is 0 Å². The van der Waals surface area contributed by atoms with E-state index < -0.39 is 0 Å². The minimum atomic E-state index is -0.188. The van der Waals surface area contributed by atoms with Gasteiger partial charge in [0, 0.05) is 15.4 Å². The van der Waals surface area contributed by atoms with Gasteiger partial charge in [-0.25, -0.2) is 4.39 Å². The zero-order chi connectivity index (χ0) is 14.7. The van der Waals surface area contributed by atoms with E-state index in [1.807, 2.05) is 31.4 Å². The fourth-order valence-corrected chi connectivity index (χ4v) is 3.83. The van der Waals surface area contributed by atoms with Crippen molar-refractivity contribution in [2.75, 3.05) is 6.54 Å². The molecule has 1 heterocycles. The third-order valence-electron chi connectivity index (χ3n) is 3.13. The Kier molecular flexibility index (Phi) is 5.61. The molecule has 0 fully saturated rings. The van der Waals surface area contributed by atoms with Gasteiger partial charge in [0.25, 0.3) is 0 Å². The molecule has 108 valence electrons. The molecule has 0 amide bonds. The fourth-order valence-electron chi connectivity index (χ4n) is 2.10. The molecule has 20 heavy (non-hydrogen) atoms. The van der Waals surface area contributed by atoms with Gasteiger partial charge in [0.15, 0.2) is 0 Å². The van der Waals surface area contributed by atoms with Gasteiger partial charge in [0.05, 0.1) is 5.02 Å². The monoisotopic (exact) mass is 375 g/mol. The Morgan fingerprint density at radius 2 is 2.20 bits per heavy atom. The Hall–Kier alpha value is -0.420. The number of aryl methyl sites for hydroxylation is 1. The molecule has 0 aliphatic rings. The summed E-state index contributed by atoms with van der Waals surface area (Å²) in [6.07, 6.45) is 0.590. The second kappa shape index (κ2) is 7.03. The molecule has 0 saturated heterocycles. The highest BCUT2D eigenvalue weighted by molar-refractivity contribution is 9.10. The van der Waals surface area contributed by atoms with Gasteiger partial charge in [-0.05, 0) is 48.5 Å². The minimum absolute atomic E-state index is 0.0434. The third-order valence-corrected chi connectivity index (χ3v) is 5.45. The molecule has 0 aliphatic heterocycles. The maximum absolute atomic E-state index is 14.0. The summed E-state index contributed by atoms with van der Waals surface area (Å²) in [4.78, 5) is 1.08. The zero-order valence-corrected chi connectivity index (χ0v) is 14.5. The summed E-state index contributed by atoms with van der Waals surface area (Å²) in [5.41, 5.74) is 1.77. The maximum Gasteiger partial charge on any atom is 0.127 e. The molecular formula is C15H16BrClFNS. The van der Waals surface area contributed by atoms with Crippen molar-refractivity contribution in [1.82, 2.24) is 5.32 Å². The molecule has 1 N–H and O–H groups in total. The summed E-state index contributed by atoms with van der Waals surface area (Å²) in [7, 11) is 0. The van der Waals surface area contributed by atoms with Crippen LogP contribution in [-0.2, 0) is 6.42 Å². The van der Waals surface area contributed by atoms with Gasteiger partial charge < -0.3 is 5.32 Å². The molecule has 0 aliphatic carbocycles. The van der Waals surface area contributed by atoms with E-state index in [-0.39, 0.29) is 11.9 Å². The van der Waals surface area contributed by atoms with Crippen molar-refractivity contribution in [2.24, 2.45) is 0 Å². The van der Waals surface area contributed by atoms with E-state index in [2.05, 4.69) is 21.2 Å². The normalized spacial score (nSPS) is 12.7. The van der Waals surface area contributed by atoms with Gasteiger partial charge >= 0.3 is 0 Å². The first kappa shape index (κ1) is 16.0. The topological polar surface area (TPSA) is 12.0 Å². The van der Waals surface area contributed by atoms with E-state index in [4.69, 9.17) is 11.6 Å². The number of nitrogens with one attached hydrogen (secondary N) is 1. The van der Waals surface area contributed by atoms with Crippen LogP contribution in [0, 0.1) is 12.7 Å². The zero-order valence-electron chi connectivity index (χ0n) is 11.3. The van der Waals surface area contributed by atoms with Crippen molar-refractivity contribution in [1.29, 1.82) is 0 Å². The summed E-state index contributed by atoms with van der Waals surface area (Å²) in [6, 6.07) is 5.22. The average Bonchev–Trinajstić information content (AvgIpc) is 2.73. The largest absolute Gasteiger partial charge is 0.309 e. The van der Waals surface area contributed by atoms with Crippen molar-refractivity contribution in [3.05, 3.63) is 54.9 Å². The Bertz CT molecular complexity index is 600. The highest BCUT2D eigenvalue weighted by Crippen LogP contribution is 2.34. The van der Waals surface area contributed by atoms with E-state index in [1.54, 1.807) is 11.3 Å². The van der Waals surface area contributed by atoms with E-state index in [1.165, 1.54) is 6.07 Å². The first-order valence-electron chi connectivity index (χ1n) is 6.43. The van der Waals surface area contributed by atoms with E-state index in [9.17, 15) is 4.39 Å². The fraction of sp³-hybridized carbons (Fsp3) is 0.333. The maximum atomic E-state index is 14.0. The van der Waals surface area contributed by atoms with Gasteiger partial charge in [0.2, 0.25) is 0 Å². The number of thiophene rings is 1. The lowest BCUT2D eigenvalue weighted by Crippen LogP contribution is -2.22. The summed E-state index contributed by atoms with van der Waals surface area (Å²) in [5.74, 6) is -0.188. The predicted octanol–water partition coefficient (Wildman–Crippen LogP) is 5.50. The van der Waals surface area contributed by atoms with Crippen LogP contribution in [0.3, 0.4) is 0 Å². The Morgan fingerprint density at radius 3 is 2.75 bits per heavy atom. The van der Waals surface area contributed by atoms with Crippen LogP contribution in [0.25, 0.3) is 0 Å². The smallest absolute Gasteiger partial charge is 0.127 e. The molecule has 2 aromatic rings. The van der Waals surface area contributed by atoms with Crippen LogP contribution >= 0.6 is 38.9 Å². The van der Waals surface area contributed by atoms with Crippen LogP contribution in [0.4, 0.5) is 4.39 Å². The van der Waals surface area contributed by atoms with Crippen LogP contribution in [0.5, 0.6) is 0 Å². The Labute approximate surface area is 136 Å². The number of halogens is 3.